The molecular formula is C20H19N5O2. The molecule has 27 heavy (non-hydrogen) atoms. The molecule has 0 spiro atoms. The van der Waals surface area contributed by atoms with Crippen LogP contribution in [0.4, 0.5) is 11.6 Å². The lowest BCUT2D eigenvalue weighted by molar-refractivity contribution is -0.132. The summed E-state index contributed by atoms with van der Waals surface area (Å²) in [5.74, 6) is -0.0658. The third-order valence-electron chi connectivity index (χ3n) is 4.48. The normalized spacial score (nSPS) is 15.5. The molecule has 7 nitrogen and oxygen atoms in total. The van der Waals surface area contributed by atoms with Gasteiger partial charge < -0.3 is 15.3 Å². The average Bonchev–Trinajstić information content (AvgIpc) is 3.12. The molecule has 3 aromatic rings. The zero-order valence-electron chi connectivity index (χ0n) is 15.0. The Labute approximate surface area is 156 Å². The summed E-state index contributed by atoms with van der Waals surface area (Å²) >= 11 is 0. The maximum atomic E-state index is 11.6. The predicted molar refractivity (Wildman–Crippen MR) is 104 cm³/mol. The standard InChI is InChI=1S/C20H19N5O2/c1-24(2)15-10-8-13(9-11-15)17-12-16(19(26)27)21-20-22-18(23-25(17)20)14-6-4-3-5-7-14/h3-12,17H,1-2H3,(H,26,27)(H,21,22,23)/t17-/m1/s1. The van der Waals surface area contributed by atoms with Crippen molar-refractivity contribution in [1.82, 2.24) is 14.8 Å². The third kappa shape index (κ3) is 3.15. The lowest BCUT2D eigenvalue weighted by atomic mass is 10.0. The summed E-state index contributed by atoms with van der Waals surface area (Å²) in [5.41, 5.74) is 2.97. The molecule has 1 aliphatic heterocycles. The number of allylic oxidation sites excluding steroid dienone is 1. The highest BCUT2D eigenvalue weighted by Crippen LogP contribution is 2.31. The van der Waals surface area contributed by atoms with Crippen LogP contribution < -0.4 is 10.2 Å². The molecule has 2 N–H and O–H groups in total. The van der Waals surface area contributed by atoms with Crippen LogP contribution in [-0.4, -0.2) is 39.9 Å². The number of carbonyl (C=O) groups is 1. The van der Waals surface area contributed by atoms with Crippen molar-refractivity contribution in [2.24, 2.45) is 0 Å². The van der Waals surface area contributed by atoms with Crippen LogP contribution in [0, 0.1) is 0 Å². The molecule has 4 rings (SSSR count). The van der Waals surface area contributed by atoms with Gasteiger partial charge in [0.1, 0.15) is 11.7 Å². The molecule has 136 valence electrons. The van der Waals surface area contributed by atoms with Crippen LogP contribution in [0.3, 0.4) is 0 Å². The molecule has 0 unspecified atom stereocenters. The molecule has 0 bridgehead atoms. The van der Waals surface area contributed by atoms with Crippen molar-refractivity contribution in [2.75, 3.05) is 24.3 Å². The monoisotopic (exact) mass is 361 g/mol. The highest BCUT2D eigenvalue weighted by Gasteiger charge is 2.27. The molecule has 0 fully saturated rings. The smallest absolute Gasteiger partial charge is 0.352 e. The van der Waals surface area contributed by atoms with Crippen LogP contribution in [0.1, 0.15) is 11.6 Å². The van der Waals surface area contributed by atoms with Crippen molar-refractivity contribution in [3.8, 4) is 11.4 Å². The van der Waals surface area contributed by atoms with Crippen molar-refractivity contribution < 1.29 is 9.90 Å². The number of carboxylic acids is 1. The van der Waals surface area contributed by atoms with Gasteiger partial charge in [-0.15, -0.1) is 5.10 Å². The van der Waals surface area contributed by atoms with E-state index in [2.05, 4.69) is 15.4 Å². The Balaban J connectivity index is 1.79. The lowest BCUT2D eigenvalue weighted by Crippen LogP contribution is -2.24. The quantitative estimate of drug-likeness (QED) is 0.743. The fourth-order valence-electron chi connectivity index (χ4n) is 3.03. The molecule has 0 aliphatic carbocycles. The maximum Gasteiger partial charge on any atom is 0.352 e. The Hall–Kier alpha value is -3.61. The van der Waals surface area contributed by atoms with Gasteiger partial charge in [-0.05, 0) is 23.8 Å². The first-order valence-corrected chi connectivity index (χ1v) is 8.54. The van der Waals surface area contributed by atoms with Crippen LogP contribution in [0.25, 0.3) is 11.4 Å². The summed E-state index contributed by atoms with van der Waals surface area (Å²) in [6.45, 7) is 0. The number of benzene rings is 2. The van der Waals surface area contributed by atoms with Crippen molar-refractivity contribution in [1.29, 1.82) is 0 Å². The van der Waals surface area contributed by atoms with E-state index >= 15 is 0 Å². The molecule has 1 aromatic heterocycles. The Morgan fingerprint density at radius 1 is 1.11 bits per heavy atom. The number of hydrogen-bond donors (Lipinski definition) is 2. The van der Waals surface area contributed by atoms with E-state index < -0.39 is 5.97 Å². The molecule has 0 saturated carbocycles. The van der Waals surface area contributed by atoms with E-state index in [4.69, 9.17) is 0 Å². The van der Waals surface area contributed by atoms with Gasteiger partial charge in [0, 0.05) is 25.3 Å². The second-order valence-corrected chi connectivity index (χ2v) is 6.51. The number of aromatic nitrogens is 3. The predicted octanol–water partition coefficient (Wildman–Crippen LogP) is 2.99. The zero-order chi connectivity index (χ0) is 19.0. The molecule has 2 aromatic carbocycles. The number of nitrogens with one attached hydrogen (secondary N) is 1. The number of aliphatic carboxylic acids is 1. The van der Waals surface area contributed by atoms with Gasteiger partial charge in [0.25, 0.3) is 0 Å². The molecule has 7 heteroatoms. The summed E-state index contributed by atoms with van der Waals surface area (Å²) < 4.78 is 1.72. The summed E-state index contributed by atoms with van der Waals surface area (Å²) in [4.78, 5) is 18.1. The second kappa shape index (κ2) is 6.60. The molecule has 1 atom stereocenters. The lowest BCUT2D eigenvalue weighted by Gasteiger charge is -2.23. The van der Waals surface area contributed by atoms with Crippen molar-refractivity contribution in [3.63, 3.8) is 0 Å². The zero-order valence-corrected chi connectivity index (χ0v) is 15.0. The minimum atomic E-state index is -1.03. The number of nitrogens with zero attached hydrogens (tertiary/aromatic N) is 4. The summed E-state index contributed by atoms with van der Waals surface area (Å²) in [6, 6.07) is 17.2. The highest BCUT2D eigenvalue weighted by molar-refractivity contribution is 5.90. The number of fused-ring (bicyclic) bond motifs is 1. The molecule has 0 radical (unpaired) electrons. The van der Waals surface area contributed by atoms with Gasteiger partial charge in [-0.1, -0.05) is 42.5 Å². The third-order valence-corrected chi connectivity index (χ3v) is 4.48. The van der Waals surface area contributed by atoms with Gasteiger partial charge >= 0.3 is 5.97 Å². The highest BCUT2D eigenvalue weighted by atomic mass is 16.4. The molecule has 1 aliphatic rings. The van der Waals surface area contributed by atoms with E-state index in [-0.39, 0.29) is 11.7 Å². The van der Waals surface area contributed by atoms with E-state index in [0.29, 0.717) is 11.8 Å². The summed E-state index contributed by atoms with van der Waals surface area (Å²) in [7, 11) is 3.95. The molecule has 0 saturated heterocycles. The number of anilines is 2. The second-order valence-electron chi connectivity index (χ2n) is 6.51. The van der Waals surface area contributed by atoms with Gasteiger partial charge in [-0.25, -0.2) is 9.48 Å². The Bertz CT molecular complexity index is 1010. The summed E-state index contributed by atoms with van der Waals surface area (Å²) in [5, 5.41) is 17.0. The summed E-state index contributed by atoms with van der Waals surface area (Å²) in [6.07, 6.45) is 1.66. The van der Waals surface area contributed by atoms with E-state index in [0.717, 1.165) is 16.8 Å². The van der Waals surface area contributed by atoms with Crippen LogP contribution in [0.5, 0.6) is 0 Å². The molecular weight excluding hydrogens is 342 g/mol. The number of rotatable bonds is 4. The van der Waals surface area contributed by atoms with Crippen LogP contribution in [-0.2, 0) is 4.79 Å². The fourth-order valence-corrected chi connectivity index (χ4v) is 3.03. The Morgan fingerprint density at radius 2 is 1.81 bits per heavy atom. The van der Waals surface area contributed by atoms with Crippen LogP contribution in [0.15, 0.2) is 66.4 Å². The van der Waals surface area contributed by atoms with E-state index in [9.17, 15) is 9.90 Å². The Kier molecular flexibility index (Phi) is 4.12. The largest absolute Gasteiger partial charge is 0.477 e. The molecule has 0 amide bonds. The van der Waals surface area contributed by atoms with Gasteiger partial charge in [-0.2, -0.15) is 4.98 Å². The van der Waals surface area contributed by atoms with Gasteiger partial charge in [0.2, 0.25) is 5.95 Å². The first kappa shape index (κ1) is 16.8. The van der Waals surface area contributed by atoms with E-state index in [1.165, 1.54) is 0 Å². The number of hydrogen-bond acceptors (Lipinski definition) is 5. The fraction of sp³-hybridized carbons (Fsp3) is 0.150. The van der Waals surface area contributed by atoms with Crippen molar-refractivity contribution >= 4 is 17.6 Å². The van der Waals surface area contributed by atoms with Crippen LogP contribution >= 0.6 is 0 Å². The van der Waals surface area contributed by atoms with Gasteiger partial charge in [0.05, 0.1) is 0 Å². The maximum absolute atomic E-state index is 11.6. The van der Waals surface area contributed by atoms with E-state index in [1.807, 2.05) is 73.6 Å². The minimum Gasteiger partial charge on any atom is -0.477 e. The van der Waals surface area contributed by atoms with Crippen molar-refractivity contribution in [3.05, 3.63) is 71.9 Å². The topological polar surface area (TPSA) is 83.3 Å². The average molecular weight is 361 g/mol. The number of carboxylic acid groups (broad SMARTS) is 1. The minimum absolute atomic E-state index is 0.0937. The van der Waals surface area contributed by atoms with E-state index in [1.54, 1.807) is 10.8 Å². The SMILES string of the molecule is CN(C)c1ccc([C@H]2C=C(C(=O)O)Nc3nc(-c4ccccc4)nn32)cc1. The Morgan fingerprint density at radius 3 is 2.44 bits per heavy atom. The molecule has 2 heterocycles. The van der Waals surface area contributed by atoms with Crippen LogP contribution in [0.2, 0.25) is 0 Å². The van der Waals surface area contributed by atoms with Crippen molar-refractivity contribution in [2.45, 2.75) is 6.04 Å². The first-order valence-electron chi connectivity index (χ1n) is 8.54. The first-order chi connectivity index (χ1) is 13.0. The van der Waals surface area contributed by atoms with Gasteiger partial charge in [-0.3, -0.25) is 0 Å². The van der Waals surface area contributed by atoms with Gasteiger partial charge in [0.15, 0.2) is 5.82 Å².